The van der Waals surface area contributed by atoms with Gasteiger partial charge in [-0.2, -0.15) is 5.10 Å². The van der Waals surface area contributed by atoms with E-state index in [4.69, 9.17) is 9.47 Å². The Hall–Kier alpha value is -2.25. The van der Waals surface area contributed by atoms with Crippen LogP contribution in [-0.2, 0) is 11.3 Å². The van der Waals surface area contributed by atoms with Crippen molar-refractivity contribution in [2.24, 2.45) is 0 Å². The maximum atomic E-state index is 12.5. The van der Waals surface area contributed by atoms with Gasteiger partial charge in [0, 0.05) is 45.2 Å². The highest BCUT2D eigenvalue weighted by atomic mass is 16.6. The number of carbonyl (C=O) groups excluding carboxylic acids is 2. The van der Waals surface area contributed by atoms with Gasteiger partial charge in [0.2, 0.25) is 5.88 Å². The molecular formula is C14H20N4O4. The van der Waals surface area contributed by atoms with Crippen LogP contribution in [0.5, 0.6) is 5.88 Å². The van der Waals surface area contributed by atoms with Crippen molar-refractivity contribution in [2.45, 2.75) is 19.9 Å². The largest absolute Gasteiger partial charge is 0.478 e. The first-order valence-corrected chi connectivity index (χ1v) is 7.60. The number of ether oxygens (including phenoxy) is 2. The van der Waals surface area contributed by atoms with E-state index in [1.54, 1.807) is 27.5 Å². The van der Waals surface area contributed by atoms with Crippen LogP contribution in [0.25, 0.3) is 0 Å². The van der Waals surface area contributed by atoms with Gasteiger partial charge in [-0.05, 0) is 6.92 Å². The number of rotatable bonds is 2. The van der Waals surface area contributed by atoms with Crippen LogP contribution in [0.3, 0.4) is 0 Å². The molecule has 0 unspecified atom stereocenters. The summed E-state index contributed by atoms with van der Waals surface area (Å²) in [7, 11) is 0. The molecule has 3 rings (SSSR count). The van der Waals surface area contributed by atoms with E-state index in [2.05, 4.69) is 5.10 Å². The molecule has 0 aliphatic carbocycles. The highest BCUT2D eigenvalue weighted by Gasteiger charge is 2.27. The smallest absolute Gasteiger partial charge is 0.409 e. The molecule has 2 aliphatic rings. The maximum absolute atomic E-state index is 12.5. The third kappa shape index (κ3) is 2.86. The number of amides is 2. The van der Waals surface area contributed by atoms with E-state index in [-0.39, 0.29) is 12.0 Å². The van der Waals surface area contributed by atoms with E-state index in [1.807, 2.05) is 0 Å². The van der Waals surface area contributed by atoms with E-state index in [9.17, 15) is 9.59 Å². The first kappa shape index (κ1) is 14.7. The molecule has 0 radical (unpaired) electrons. The van der Waals surface area contributed by atoms with Gasteiger partial charge in [-0.15, -0.1) is 0 Å². The molecule has 1 aromatic rings. The summed E-state index contributed by atoms with van der Waals surface area (Å²) in [6.07, 6.45) is 0.584. The summed E-state index contributed by atoms with van der Waals surface area (Å²) >= 11 is 0. The molecule has 2 amide bonds. The fourth-order valence-corrected chi connectivity index (χ4v) is 2.64. The minimum absolute atomic E-state index is 0.117. The van der Waals surface area contributed by atoms with Crippen molar-refractivity contribution >= 4 is 12.0 Å². The topological polar surface area (TPSA) is 76.9 Å². The Balaban J connectivity index is 1.60. The second kappa shape index (κ2) is 6.25. The van der Waals surface area contributed by atoms with Crippen molar-refractivity contribution in [2.75, 3.05) is 39.4 Å². The van der Waals surface area contributed by atoms with Gasteiger partial charge in [0.15, 0.2) is 5.69 Å². The van der Waals surface area contributed by atoms with Crippen LogP contribution < -0.4 is 4.74 Å². The van der Waals surface area contributed by atoms with Crippen molar-refractivity contribution < 1.29 is 19.1 Å². The summed E-state index contributed by atoms with van der Waals surface area (Å²) in [5.74, 6) is 0.536. The van der Waals surface area contributed by atoms with Crippen LogP contribution in [0, 0.1) is 0 Å². The average molecular weight is 308 g/mol. The second-order valence-electron chi connectivity index (χ2n) is 5.27. The Labute approximate surface area is 128 Å². The number of aryl methyl sites for hydroxylation is 1. The minimum atomic E-state index is -0.319. The number of hydrogen-bond acceptors (Lipinski definition) is 5. The van der Waals surface area contributed by atoms with Gasteiger partial charge in [-0.25, -0.2) is 9.48 Å². The van der Waals surface area contributed by atoms with Gasteiger partial charge in [0.25, 0.3) is 5.91 Å². The summed E-state index contributed by atoms with van der Waals surface area (Å²) < 4.78 is 12.2. The average Bonchev–Trinajstić information content (AvgIpc) is 2.98. The Morgan fingerprint density at radius 1 is 1.23 bits per heavy atom. The standard InChI is InChI=1S/C14H20N4O4/c1-2-21-14(20)17-7-5-16(6-8-17)13(19)11-10-12-18(15-11)4-3-9-22-12/h10H,2-9H2,1H3. The van der Waals surface area contributed by atoms with Crippen LogP contribution in [0.1, 0.15) is 23.8 Å². The summed E-state index contributed by atoms with van der Waals surface area (Å²) in [4.78, 5) is 27.5. The first-order chi connectivity index (χ1) is 10.7. The predicted octanol–water partition coefficient (Wildman–Crippen LogP) is 0.580. The molecule has 0 N–H and O–H groups in total. The van der Waals surface area contributed by atoms with Crippen molar-refractivity contribution in [1.29, 1.82) is 0 Å². The third-order valence-electron chi connectivity index (χ3n) is 3.82. The summed E-state index contributed by atoms with van der Waals surface area (Å²) in [6.45, 7) is 5.51. The van der Waals surface area contributed by atoms with E-state index in [0.29, 0.717) is 51.0 Å². The molecule has 2 aliphatic heterocycles. The molecule has 22 heavy (non-hydrogen) atoms. The van der Waals surface area contributed by atoms with Crippen molar-refractivity contribution in [3.63, 3.8) is 0 Å². The molecule has 3 heterocycles. The quantitative estimate of drug-likeness (QED) is 0.799. The number of carbonyl (C=O) groups is 2. The minimum Gasteiger partial charge on any atom is -0.478 e. The lowest BCUT2D eigenvalue weighted by molar-refractivity contribution is 0.0565. The zero-order chi connectivity index (χ0) is 15.5. The Morgan fingerprint density at radius 3 is 2.64 bits per heavy atom. The van der Waals surface area contributed by atoms with Crippen molar-refractivity contribution in [3.05, 3.63) is 11.8 Å². The zero-order valence-corrected chi connectivity index (χ0v) is 12.7. The van der Waals surface area contributed by atoms with Crippen molar-refractivity contribution in [1.82, 2.24) is 19.6 Å². The molecule has 0 bridgehead atoms. The third-order valence-corrected chi connectivity index (χ3v) is 3.82. The molecular weight excluding hydrogens is 288 g/mol. The van der Waals surface area contributed by atoms with Gasteiger partial charge < -0.3 is 19.3 Å². The predicted molar refractivity (Wildman–Crippen MR) is 76.8 cm³/mol. The SMILES string of the molecule is CCOC(=O)N1CCN(C(=O)c2cc3n(n2)CCCO3)CC1. The monoisotopic (exact) mass is 308 g/mol. The highest BCUT2D eigenvalue weighted by molar-refractivity contribution is 5.92. The number of piperazine rings is 1. The van der Waals surface area contributed by atoms with Gasteiger partial charge in [-0.1, -0.05) is 0 Å². The van der Waals surface area contributed by atoms with E-state index in [1.165, 1.54) is 0 Å². The summed E-state index contributed by atoms with van der Waals surface area (Å²) in [5.41, 5.74) is 0.404. The van der Waals surface area contributed by atoms with Crippen LogP contribution in [-0.4, -0.2) is 71.0 Å². The Morgan fingerprint density at radius 2 is 1.95 bits per heavy atom. The summed E-state index contributed by atoms with van der Waals surface area (Å²) in [6, 6.07) is 1.69. The molecule has 120 valence electrons. The molecule has 1 fully saturated rings. The molecule has 0 spiro atoms. The highest BCUT2D eigenvalue weighted by Crippen LogP contribution is 2.19. The molecule has 0 saturated carbocycles. The van der Waals surface area contributed by atoms with E-state index in [0.717, 1.165) is 13.0 Å². The van der Waals surface area contributed by atoms with Crippen LogP contribution in [0.2, 0.25) is 0 Å². The number of fused-ring (bicyclic) bond motifs is 1. The van der Waals surface area contributed by atoms with E-state index < -0.39 is 0 Å². The van der Waals surface area contributed by atoms with Crippen LogP contribution in [0.15, 0.2) is 6.07 Å². The number of nitrogens with zero attached hydrogens (tertiary/aromatic N) is 4. The van der Waals surface area contributed by atoms with Crippen LogP contribution >= 0.6 is 0 Å². The van der Waals surface area contributed by atoms with E-state index >= 15 is 0 Å². The normalized spacial score (nSPS) is 17.7. The van der Waals surface area contributed by atoms with Gasteiger partial charge >= 0.3 is 6.09 Å². The first-order valence-electron chi connectivity index (χ1n) is 7.60. The lowest BCUT2D eigenvalue weighted by atomic mass is 10.3. The van der Waals surface area contributed by atoms with Crippen LogP contribution in [0.4, 0.5) is 4.79 Å². The fraction of sp³-hybridized carbons (Fsp3) is 0.643. The number of aromatic nitrogens is 2. The lowest BCUT2D eigenvalue weighted by Gasteiger charge is -2.33. The van der Waals surface area contributed by atoms with Gasteiger partial charge in [0.1, 0.15) is 0 Å². The summed E-state index contributed by atoms with van der Waals surface area (Å²) in [5, 5.41) is 4.30. The molecule has 8 nitrogen and oxygen atoms in total. The number of hydrogen-bond donors (Lipinski definition) is 0. The molecule has 1 aromatic heterocycles. The molecule has 8 heteroatoms. The molecule has 0 aromatic carbocycles. The fourth-order valence-electron chi connectivity index (χ4n) is 2.64. The Kier molecular flexibility index (Phi) is 4.17. The van der Waals surface area contributed by atoms with Crippen molar-refractivity contribution in [3.8, 4) is 5.88 Å². The van der Waals surface area contributed by atoms with Gasteiger partial charge in [-0.3, -0.25) is 4.79 Å². The Bertz CT molecular complexity index is 540. The van der Waals surface area contributed by atoms with Gasteiger partial charge in [0.05, 0.1) is 13.2 Å². The maximum Gasteiger partial charge on any atom is 0.409 e. The molecule has 0 atom stereocenters. The zero-order valence-electron chi connectivity index (χ0n) is 12.7. The second-order valence-corrected chi connectivity index (χ2v) is 5.27. The molecule has 1 saturated heterocycles. The lowest BCUT2D eigenvalue weighted by Crippen LogP contribution is -2.50.